The maximum absolute atomic E-state index is 12.6. The number of nitrogens with zero attached hydrogens (tertiary/aromatic N) is 1. The van der Waals surface area contributed by atoms with Gasteiger partial charge >= 0.3 is 6.18 Å². The molecular formula is C19H16ClF3N2O2. The smallest absolute Gasteiger partial charge is 0.326 e. The minimum absolute atomic E-state index is 0.0258. The average Bonchev–Trinajstić information content (AvgIpc) is 2.99. The summed E-state index contributed by atoms with van der Waals surface area (Å²) in [4.78, 5) is 26.2. The predicted molar refractivity (Wildman–Crippen MR) is 96.7 cm³/mol. The number of nitrogens with one attached hydrogen (secondary N) is 1. The van der Waals surface area contributed by atoms with Crippen LogP contribution in [0.15, 0.2) is 42.5 Å². The van der Waals surface area contributed by atoms with Gasteiger partial charge in [-0.25, -0.2) is 0 Å². The van der Waals surface area contributed by atoms with Gasteiger partial charge in [0, 0.05) is 29.4 Å². The number of alkyl halides is 3. The van der Waals surface area contributed by atoms with Crippen LogP contribution < -0.4 is 10.2 Å². The zero-order chi connectivity index (χ0) is 19.8. The van der Waals surface area contributed by atoms with Crippen LogP contribution in [0, 0.1) is 12.8 Å². The van der Waals surface area contributed by atoms with Crippen molar-refractivity contribution in [3.8, 4) is 0 Å². The Bertz CT molecular complexity index is 882. The molecule has 1 aliphatic heterocycles. The summed E-state index contributed by atoms with van der Waals surface area (Å²) in [5, 5.41) is 3.09. The number of benzene rings is 2. The second-order valence-corrected chi connectivity index (χ2v) is 6.81. The number of aryl methyl sites for hydroxylation is 1. The molecule has 0 aromatic heterocycles. The summed E-state index contributed by atoms with van der Waals surface area (Å²) in [5.41, 5.74) is 0.945. The Morgan fingerprint density at radius 2 is 1.85 bits per heavy atom. The lowest BCUT2D eigenvalue weighted by Gasteiger charge is -2.17. The van der Waals surface area contributed by atoms with Crippen molar-refractivity contribution in [1.29, 1.82) is 0 Å². The van der Waals surface area contributed by atoms with E-state index >= 15 is 0 Å². The summed E-state index contributed by atoms with van der Waals surface area (Å²) in [6.45, 7) is 2.03. The molecule has 2 amide bonds. The van der Waals surface area contributed by atoms with E-state index in [9.17, 15) is 22.8 Å². The molecule has 1 saturated heterocycles. The second-order valence-electron chi connectivity index (χ2n) is 6.40. The molecule has 8 heteroatoms. The fraction of sp³-hybridized carbons (Fsp3) is 0.263. The molecule has 0 spiro atoms. The summed E-state index contributed by atoms with van der Waals surface area (Å²) in [5.74, 6) is -1.22. The van der Waals surface area contributed by atoms with Crippen molar-refractivity contribution in [1.82, 2.24) is 0 Å². The van der Waals surface area contributed by atoms with Crippen LogP contribution in [0.1, 0.15) is 17.5 Å². The van der Waals surface area contributed by atoms with Gasteiger partial charge < -0.3 is 10.2 Å². The molecule has 2 aromatic rings. The first-order valence-electron chi connectivity index (χ1n) is 8.20. The largest absolute Gasteiger partial charge is 0.416 e. The van der Waals surface area contributed by atoms with E-state index in [4.69, 9.17) is 11.6 Å². The van der Waals surface area contributed by atoms with E-state index in [1.165, 1.54) is 17.0 Å². The molecule has 0 bridgehead atoms. The molecule has 4 nitrogen and oxygen atoms in total. The van der Waals surface area contributed by atoms with Crippen LogP contribution in [0.4, 0.5) is 24.5 Å². The quantitative estimate of drug-likeness (QED) is 0.820. The van der Waals surface area contributed by atoms with Crippen molar-refractivity contribution >= 4 is 34.8 Å². The van der Waals surface area contributed by atoms with Gasteiger partial charge in [0.1, 0.15) is 0 Å². The molecule has 142 valence electrons. The number of halogens is 4. The minimum atomic E-state index is -4.43. The first-order valence-corrected chi connectivity index (χ1v) is 8.57. The van der Waals surface area contributed by atoms with Gasteiger partial charge in [0.15, 0.2) is 0 Å². The van der Waals surface area contributed by atoms with Crippen LogP contribution in [0.5, 0.6) is 0 Å². The van der Waals surface area contributed by atoms with Crippen molar-refractivity contribution in [3.05, 3.63) is 58.6 Å². The van der Waals surface area contributed by atoms with Gasteiger partial charge in [0.25, 0.3) is 0 Å². The van der Waals surface area contributed by atoms with Gasteiger partial charge in [-0.3, -0.25) is 9.59 Å². The van der Waals surface area contributed by atoms with E-state index in [1.54, 1.807) is 18.2 Å². The normalized spacial score (nSPS) is 17.3. The molecule has 3 rings (SSSR count). The summed E-state index contributed by atoms with van der Waals surface area (Å²) in [6.07, 6.45) is -4.41. The number of carbonyl (C=O) groups is 2. The van der Waals surface area contributed by atoms with Crippen molar-refractivity contribution in [2.24, 2.45) is 5.92 Å². The van der Waals surface area contributed by atoms with Crippen LogP contribution in [-0.4, -0.2) is 18.4 Å². The highest BCUT2D eigenvalue weighted by Crippen LogP contribution is 2.31. The summed E-state index contributed by atoms with van der Waals surface area (Å²) in [6, 6.07) is 9.40. The van der Waals surface area contributed by atoms with Gasteiger partial charge in [0.2, 0.25) is 11.8 Å². The Morgan fingerprint density at radius 3 is 2.44 bits per heavy atom. The fourth-order valence-electron chi connectivity index (χ4n) is 2.87. The standard InChI is InChI=1S/C19H16ClF3N2O2/c1-11-2-7-15(9-16(11)20)25-10-12(8-17(25)26)18(27)24-14-5-3-13(4-6-14)19(21,22)23/h2-7,9,12H,8,10H2,1H3,(H,24,27). The van der Waals surface area contributed by atoms with E-state index in [0.717, 1.165) is 17.7 Å². The maximum atomic E-state index is 12.6. The highest BCUT2D eigenvalue weighted by molar-refractivity contribution is 6.31. The number of rotatable bonds is 3. The second kappa shape index (κ2) is 7.23. The number of hydrogen-bond acceptors (Lipinski definition) is 2. The SMILES string of the molecule is Cc1ccc(N2CC(C(=O)Nc3ccc(C(F)(F)F)cc3)CC2=O)cc1Cl. The monoisotopic (exact) mass is 396 g/mol. The summed E-state index contributed by atoms with van der Waals surface area (Å²) >= 11 is 6.09. The first kappa shape index (κ1) is 19.2. The lowest BCUT2D eigenvalue weighted by Crippen LogP contribution is -2.28. The van der Waals surface area contributed by atoms with E-state index in [-0.39, 0.29) is 24.6 Å². The Morgan fingerprint density at radius 1 is 1.19 bits per heavy atom. The van der Waals surface area contributed by atoms with Crippen molar-refractivity contribution in [2.75, 3.05) is 16.8 Å². The zero-order valence-corrected chi connectivity index (χ0v) is 15.1. The van der Waals surface area contributed by atoms with Gasteiger partial charge in [-0.2, -0.15) is 13.2 Å². The molecule has 1 N–H and O–H groups in total. The van der Waals surface area contributed by atoms with Crippen LogP contribution in [0.25, 0.3) is 0 Å². The molecule has 1 unspecified atom stereocenters. The van der Waals surface area contributed by atoms with Gasteiger partial charge in [-0.05, 0) is 48.9 Å². The van der Waals surface area contributed by atoms with Gasteiger partial charge in [0.05, 0.1) is 11.5 Å². The Hall–Kier alpha value is -2.54. The van der Waals surface area contributed by atoms with E-state index < -0.39 is 23.6 Å². The molecule has 0 radical (unpaired) electrons. The van der Waals surface area contributed by atoms with Crippen LogP contribution in [0.2, 0.25) is 5.02 Å². The van der Waals surface area contributed by atoms with E-state index in [2.05, 4.69) is 5.32 Å². The molecular weight excluding hydrogens is 381 g/mol. The molecule has 1 fully saturated rings. The van der Waals surface area contributed by atoms with Crippen molar-refractivity contribution in [3.63, 3.8) is 0 Å². The van der Waals surface area contributed by atoms with Crippen LogP contribution in [-0.2, 0) is 15.8 Å². The molecule has 0 saturated carbocycles. The molecule has 1 heterocycles. The third-order valence-corrected chi connectivity index (χ3v) is 4.85. The molecule has 0 aliphatic carbocycles. The predicted octanol–water partition coefficient (Wildman–Crippen LogP) is 4.66. The lowest BCUT2D eigenvalue weighted by atomic mass is 10.1. The molecule has 27 heavy (non-hydrogen) atoms. The van der Waals surface area contributed by atoms with E-state index in [1.807, 2.05) is 6.92 Å². The Balaban J connectivity index is 1.67. The van der Waals surface area contributed by atoms with Crippen LogP contribution in [0.3, 0.4) is 0 Å². The lowest BCUT2D eigenvalue weighted by molar-refractivity contribution is -0.137. The van der Waals surface area contributed by atoms with E-state index in [0.29, 0.717) is 10.7 Å². The Labute approximate surface area is 158 Å². The number of amides is 2. The van der Waals surface area contributed by atoms with Crippen molar-refractivity contribution in [2.45, 2.75) is 19.5 Å². The topological polar surface area (TPSA) is 49.4 Å². The first-order chi connectivity index (χ1) is 12.6. The maximum Gasteiger partial charge on any atom is 0.416 e. The molecule has 2 aromatic carbocycles. The summed E-state index contributed by atoms with van der Waals surface area (Å²) in [7, 11) is 0. The van der Waals surface area contributed by atoms with Gasteiger partial charge in [-0.15, -0.1) is 0 Å². The highest BCUT2D eigenvalue weighted by atomic mass is 35.5. The third-order valence-electron chi connectivity index (χ3n) is 4.44. The minimum Gasteiger partial charge on any atom is -0.326 e. The Kier molecular flexibility index (Phi) is 5.15. The van der Waals surface area contributed by atoms with Crippen LogP contribution >= 0.6 is 11.6 Å². The zero-order valence-electron chi connectivity index (χ0n) is 14.3. The average molecular weight is 397 g/mol. The summed E-state index contributed by atoms with van der Waals surface area (Å²) < 4.78 is 37.8. The highest BCUT2D eigenvalue weighted by Gasteiger charge is 2.35. The number of carbonyl (C=O) groups excluding carboxylic acids is 2. The van der Waals surface area contributed by atoms with Gasteiger partial charge in [-0.1, -0.05) is 17.7 Å². The molecule has 1 atom stereocenters. The fourth-order valence-corrected chi connectivity index (χ4v) is 3.04. The van der Waals surface area contributed by atoms with Crippen molar-refractivity contribution < 1.29 is 22.8 Å². The number of hydrogen-bond donors (Lipinski definition) is 1. The molecule has 1 aliphatic rings. The third kappa shape index (κ3) is 4.24. The number of anilines is 2.